The lowest BCUT2D eigenvalue weighted by Crippen LogP contribution is -2.06. The monoisotopic (exact) mass is 206 g/mol. The topological polar surface area (TPSA) is 35.5 Å². The van der Waals surface area contributed by atoms with Gasteiger partial charge in [0.05, 0.1) is 7.11 Å². The van der Waals surface area contributed by atoms with Gasteiger partial charge in [0.2, 0.25) is 0 Å². The maximum atomic E-state index is 11.4. The average Bonchev–Trinajstić information content (AvgIpc) is 2.26. The quantitative estimate of drug-likeness (QED) is 0.560. The first-order valence-corrected chi connectivity index (χ1v) is 4.62. The number of methoxy groups -OCH3 is 1. The zero-order chi connectivity index (χ0) is 11.3. The number of aryl methyl sites for hydroxylation is 1. The van der Waals surface area contributed by atoms with Crippen LogP contribution in [0.15, 0.2) is 30.9 Å². The summed E-state index contributed by atoms with van der Waals surface area (Å²) in [6.07, 6.45) is 1.63. The summed E-state index contributed by atoms with van der Waals surface area (Å²) < 4.78 is 10.1. The molecule has 1 aromatic carbocycles. The molecule has 0 aliphatic rings. The van der Waals surface area contributed by atoms with E-state index in [2.05, 4.69) is 11.3 Å². The molecule has 0 saturated carbocycles. The van der Waals surface area contributed by atoms with E-state index in [1.165, 1.54) is 7.11 Å². The highest BCUT2D eigenvalue weighted by molar-refractivity contribution is 5.92. The smallest absolute Gasteiger partial charge is 0.341 e. The molecule has 0 saturated heterocycles. The number of ether oxygens (including phenoxy) is 2. The van der Waals surface area contributed by atoms with Crippen molar-refractivity contribution in [3.8, 4) is 5.75 Å². The van der Waals surface area contributed by atoms with Crippen LogP contribution in [0.1, 0.15) is 15.9 Å². The molecule has 0 radical (unpaired) electrons. The molecule has 0 aromatic heterocycles. The first-order valence-electron chi connectivity index (χ1n) is 4.62. The van der Waals surface area contributed by atoms with E-state index in [0.29, 0.717) is 17.9 Å². The number of benzene rings is 1. The van der Waals surface area contributed by atoms with Gasteiger partial charge in [-0.2, -0.15) is 0 Å². The lowest BCUT2D eigenvalue weighted by atomic mass is 10.1. The van der Waals surface area contributed by atoms with Crippen molar-refractivity contribution < 1.29 is 14.3 Å². The van der Waals surface area contributed by atoms with Gasteiger partial charge in [0.25, 0.3) is 0 Å². The third-order valence-electron chi connectivity index (χ3n) is 1.96. The van der Waals surface area contributed by atoms with E-state index >= 15 is 0 Å². The summed E-state index contributed by atoms with van der Waals surface area (Å²) in [6, 6.07) is 5.35. The summed E-state index contributed by atoms with van der Waals surface area (Å²) in [4.78, 5) is 11.4. The molecule has 3 heteroatoms. The fourth-order valence-electron chi connectivity index (χ4n) is 1.26. The summed E-state index contributed by atoms with van der Waals surface area (Å²) >= 11 is 0. The lowest BCUT2D eigenvalue weighted by Gasteiger charge is -2.11. The summed E-state index contributed by atoms with van der Waals surface area (Å²) in [5.74, 6) is 0.169. The van der Waals surface area contributed by atoms with Gasteiger partial charge in [-0.25, -0.2) is 4.79 Å². The maximum Gasteiger partial charge on any atom is 0.341 e. The predicted molar refractivity (Wildman–Crippen MR) is 58.2 cm³/mol. The van der Waals surface area contributed by atoms with Crippen LogP contribution in [0, 0.1) is 6.92 Å². The molecule has 3 nitrogen and oxygen atoms in total. The Kier molecular flexibility index (Phi) is 3.92. The van der Waals surface area contributed by atoms with Crippen molar-refractivity contribution in [2.45, 2.75) is 6.92 Å². The minimum atomic E-state index is -0.391. The van der Waals surface area contributed by atoms with Gasteiger partial charge in [-0.1, -0.05) is 24.8 Å². The van der Waals surface area contributed by atoms with Crippen molar-refractivity contribution >= 4 is 5.97 Å². The fourth-order valence-corrected chi connectivity index (χ4v) is 1.26. The lowest BCUT2D eigenvalue weighted by molar-refractivity contribution is 0.0596. The molecular weight excluding hydrogens is 192 g/mol. The third kappa shape index (κ3) is 2.59. The van der Waals surface area contributed by atoms with Gasteiger partial charge in [0.15, 0.2) is 0 Å². The number of hydrogen-bond donors (Lipinski definition) is 0. The zero-order valence-electron chi connectivity index (χ0n) is 8.95. The molecule has 0 amide bonds. The first kappa shape index (κ1) is 11.3. The van der Waals surface area contributed by atoms with E-state index in [1.807, 2.05) is 13.0 Å². The molecule has 0 unspecified atom stereocenters. The van der Waals surface area contributed by atoms with Gasteiger partial charge < -0.3 is 9.47 Å². The molecule has 0 bridgehead atoms. The highest BCUT2D eigenvalue weighted by Gasteiger charge is 2.14. The second kappa shape index (κ2) is 5.20. The van der Waals surface area contributed by atoms with Crippen LogP contribution in [0.25, 0.3) is 0 Å². The largest absolute Gasteiger partial charge is 0.488 e. The number of hydrogen-bond acceptors (Lipinski definition) is 3. The molecule has 0 heterocycles. The molecule has 1 rings (SSSR count). The fraction of sp³-hybridized carbons (Fsp3) is 0.250. The molecule has 0 N–H and O–H groups in total. The van der Waals surface area contributed by atoms with Crippen LogP contribution >= 0.6 is 0 Å². The molecule has 1 aromatic rings. The first-order chi connectivity index (χ1) is 7.20. The Morgan fingerprint density at radius 1 is 1.53 bits per heavy atom. The Morgan fingerprint density at radius 2 is 2.27 bits per heavy atom. The number of carbonyl (C=O) groups is 1. The normalized spacial score (nSPS) is 9.47. The standard InChI is InChI=1S/C12H14O3/c1-4-8-15-11-9(2)6-5-7-10(11)12(13)14-3/h4-7H,1,8H2,2-3H3. The molecule has 0 aliphatic heterocycles. The molecular formula is C12H14O3. The highest BCUT2D eigenvalue weighted by atomic mass is 16.5. The van der Waals surface area contributed by atoms with Crippen LogP contribution < -0.4 is 4.74 Å². The zero-order valence-corrected chi connectivity index (χ0v) is 8.95. The van der Waals surface area contributed by atoms with Crippen LogP contribution in [0.4, 0.5) is 0 Å². The minimum Gasteiger partial charge on any atom is -0.488 e. The molecule has 0 aliphatic carbocycles. The van der Waals surface area contributed by atoms with E-state index in [9.17, 15) is 4.79 Å². The molecule has 0 fully saturated rings. The van der Waals surface area contributed by atoms with E-state index in [4.69, 9.17) is 4.74 Å². The van der Waals surface area contributed by atoms with Crippen LogP contribution in [-0.2, 0) is 4.74 Å². The van der Waals surface area contributed by atoms with Crippen molar-refractivity contribution in [1.82, 2.24) is 0 Å². The van der Waals surface area contributed by atoms with Gasteiger partial charge in [-0.15, -0.1) is 0 Å². The average molecular weight is 206 g/mol. The van der Waals surface area contributed by atoms with Gasteiger partial charge in [0, 0.05) is 0 Å². The van der Waals surface area contributed by atoms with Crippen LogP contribution in [0.3, 0.4) is 0 Å². The van der Waals surface area contributed by atoms with Crippen LogP contribution in [0.5, 0.6) is 5.75 Å². The Hall–Kier alpha value is -1.77. The predicted octanol–water partition coefficient (Wildman–Crippen LogP) is 2.35. The van der Waals surface area contributed by atoms with Gasteiger partial charge in [0.1, 0.15) is 17.9 Å². The SMILES string of the molecule is C=CCOc1c(C)cccc1C(=O)OC. The summed E-state index contributed by atoms with van der Waals surface area (Å²) in [7, 11) is 1.35. The van der Waals surface area contributed by atoms with Crippen molar-refractivity contribution in [1.29, 1.82) is 0 Å². The van der Waals surface area contributed by atoms with E-state index in [-0.39, 0.29) is 0 Å². The Labute approximate surface area is 89.3 Å². The van der Waals surface area contributed by atoms with Gasteiger partial charge in [-0.3, -0.25) is 0 Å². The highest BCUT2D eigenvalue weighted by Crippen LogP contribution is 2.23. The number of para-hydroxylation sites is 1. The summed E-state index contributed by atoms with van der Waals surface area (Å²) in [6.45, 7) is 5.81. The molecule has 0 atom stereocenters. The van der Waals surface area contributed by atoms with E-state index in [1.54, 1.807) is 18.2 Å². The van der Waals surface area contributed by atoms with E-state index in [0.717, 1.165) is 5.56 Å². The van der Waals surface area contributed by atoms with Crippen molar-refractivity contribution in [3.63, 3.8) is 0 Å². The van der Waals surface area contributed by atoms with Crippen molar-refractivity contribution in [3.05, 3.63) is 42.0 Å². The van der Waals surface area contributed by atoms with E-state index < -0.39 is 5.97 Å². The second-order valence-electron chi connectivity index (χ2n) is 3.04. The van der Waals surface area contributed by atoms with Crippen LogP contribution in [0.2, 0.25) is 0 Å². The van der Waals surface area contributed by atoms with Crippen molar-refractivity contribution in [2.24, 2.45) is 0 Å². The Bertz CT molecular complexity index is 369. The van der Waals surface area contributed by atoms with Crippen LogP contribution in [-0.4, -0.2) is 19.7 Å². The second-order valence-corrected chi connectivity index (χ2v) is 3.04. The molecule has 80 valence electrons. The summed E-state index contributed by atoms with van der Waals surface area (Å²) in [5, 5.41) is 0. The third-order valence-corrected chi connectivity index (χ3v) is 1.96. The Morgan fingerprint density at radius 3 is 2.87 bits per heavy atom. The minimum absolute atomic E-state index is 0.370. The number of carbonyl (C=O) groups excluding carboxylic acids is 1. The molecule has 15 heavy (non-hydrogen) atoms. The van der Waals surface area contributed by atoms with Crippen molar-refractivity contribution in [2.75, 3.05) is 13.7 Å². The Balaban J connectivity index is 3.07. The van der Waals surface area contributed by atoms with Gasteiger partial charge >= 0.3 is 5.97 Å². The summed E-state index contributed by atoms with van der Waals surface area (Å²) in [5.41, 5.74) is 1.35. The van der Waals surface area contributed by atoms with Gasteiger partial charge in [-0.05, 0) is 18.6 Å². The number of rotatable bonds is 4. The number of esters is 1. The maximum absolute atomic E-state index is 11.4. The molecule has 0 spiro atoms.